The number of aromatic carboxylic acids is 1. The van der Waals surface area contributed by atoms with E-state index in [-0.39, 0.29) is 17.3 Å². The first-order valence-corrected chi connectivity index (χ1v) is 9.71. The fraction of sp³-hybridized carbons (Fsp3) is 0.130. The molecule has 31 heavy (non-hydrogen) atoms. The summed E-state index contributed by atoms with van der Waals surface area (Å²) in [5.41, 5.74) is 2.24. The summed E-state index contributed by atoms with van der Waals surface area (Å²) in [4.78, 5) is 28.4. The van der Waals surface area contributed by atoms with E-state index in [1.165, 1.54) is 18.3 Å². The largest absolute Gasteiger partial charge is 0.478 e. The number of carbonyl (C=O) groups excluding carboxylic acids is 1. The quantitative estimate of drug-likeness (QED) is 0.517. The van der Waals surface area contributed by atoms with Crippen LogP contribution in [0.3, 0.4) is 0 Å². The minimum atomic E-state index is -0.989. The molecule has 1 amide bonds. The lowest BCUT2D eigenvalue weighted by Crippen LogP contribution is -2.35. The first-order valence-electron chi connectivity index (χ1n) is 9.71. The lowest BCUT2D eigenvalue weighted by atomic mass is 10.0. The van der Waals surface area contributed by atoms with Crippen molar-refractivity contribution in [3.05, 3.63) is 89.6 Å². The van der Waals surface area contributed by atoms with Crippen molar-refractivity contribution in [1.82, 2.24) is 20.1 Å². The predicted octanol–water partition coefficient (Wildman–Crippen LogP) is 3.68. The van der Waals surface area contributed by atoms with Crippen molar-refractivity contribution in [3.63, 3.8) is 0 Å². The summed E-state index contributed by atoms with van der Waals surface area (Å²) in [7, 11) is 0. The fourth-order valence-electron chi connectivity index (χ4n) is 3.74. The van der Waals surface area contributed by atoms with Crippen LogP contribution in [0.2, 0.25) is 0 Å². The number of amides is 1. The molecule has 2 aromatic carbocycles. The van der Waals surface area contributed by atoms with E-state index in [0.717, 1.165) is 18.4 Å². The number of hydrogen-bond donors (Lipinski definition) is 2. The molecule has 0 unspecified atom stereocenters. The van der Waals surface area contributed by atoms with E-state index in [9.17, 15) is 14.0 Å². The zero-order valence-electron chi connectivity index (χ0n) is 16.2. The normalized spacial score (nSPS) is 14.4. The predicted molar refractivity (Wildman–Crippen MR) is 111 cm³/mol. The van der Waals surface area contributed by atoms with E-state index >= 15 is 0 Å². The van der Waals surface area contributed by atoms with Crippen LogP contribution in [-0.4, -0.2) is 31.7 Å². The number of pyridine rings is 1. The Morgan fingerprint density at radius 1 is 1.00 bits per heavy atom. The Morgan fingerprint density at radius 3 is 2.35 bits per heavy atom. The number of benzene rings is 2. The van der Waals surface area contributed by atoms with Gasteiger partial charge in [0.25, 0.3) is 5.91 Å². The highest BCUT2D eigenvalue weighted by atomic mass is 19.1. The third-order valence-corrected chi connectivity index (χ3v) is 5.60. The SMILES string of the molecule is O=C(O)c1ccc(C2(NC(=O)c3cncc4c3cnn4-c3ccc(F)cc3)CC2)cc1. The highest BCUT2D eigenvalue weighted by Gasteiger charge is 2.46. The number of nitrogens with one attached hydrogen (secondary N) is 1. The third-order valence-electron chi connectivity index (χ3n) is 5.60. The van der Waals surface area contributed by atoms with Crippen molar-refractivity contribution in [3.8, 4) is 5.69 Å². The van der Waals surface area contributed by atoms with Crippen molar-refractivity contribution in [1.29, 1.82) is 0 Å². The van der Waals surface area contributed by atoms with Gasteiger partial charge in [0.05, 0.1) is 40.3 Å². The molecule has 154 valence electrons. The lowest BCUT2D eigenvalue weighted by molar-refractivity contribution is 0.0696. The van der Waals surface area contributed by atoms with Gasteiger partial charge in [-0.1, -0.05) is 12.1 Å². The van der Waals surface area contributed by atoms with E-state index in [4.69, 9.17) is 5.11 Å². The van der Waals surface area contributed by atoms with Crippen LogP contribution in [0, 0.1) is 5.82 Å². The van der Waals surface area contributed by atoms with E-state index in [2.05, 4.69) is 15.4 Å². The van der Waals surface area contributed by atoms with Gasteiger partial charge in [-0.05, 0) is 54.8 Å². The maximum absolute atomic E-state index is 13.3. The molecular weight excluding hydrogens is 399 g/mol. The number of nitrogens with zero attached hydrogens (tertiary/aromatic N) is 3. The fourth-order valence-corrected chi connectivity index (χ4v) is 3.74. The van der Waals surface area contributed by atoms with E-state index in [1.54, 1.807) is 53.5 Å². The number of hydrogen-bond acceptors (Lipinski definition) is 4. The molecule has 0 aliphatic heterocycles. The Hall–Kier alpha value is -4.07. The monoisotopic (exact) mass is 416 g/mol. The molecule has 2 heterocycles. The van der Waals surface area contributed by atoms with Gasteiger partial charge in [0.1, 0.15) is 5.82 Å². The van der Waals surface area contributed by atoms with Crippen LogP contribution in [0.5, 0.6) is 0 Å². The molecule has 0 atom stereocenters. The Balaban J connectivity index is 1.45. The molecule has 7 nitrogen and oxygen atoms in total. The molecule has 5 rings (SSSR count). The van der Waals surface area contributed by atoms with Gasteiger partial charge in [-0.15, -0.1) is 0 Å². The van der Waals surface area contributed by atoms with Crippen molar-refractivity contribution in [2.75, 3.05) is 0 Å². The van der Waals surface area contributed by atoms with Crippen LogP contribution < -0.4 is 5.32 Å². The Labute approximate surface area is 176 Å². The molecule has 0 radical (unpaired) electrons. The molecule has 0 spiro atoms. The topological polar surface area (TPSA) is 97.1 Å². The summed E-state index contributed by atoms with van der Waals surface area (Å²) in [5, 5.41) is 17.2. The van der Waals surface area contributed by atoms with E-state index < -0.39 is 11.5 Å². The molecule has 1 fully saturated rings. The van der Waals surface area contributed by atoms with Crippen molar-refractivity contribution < 1.29 is 19.1 Å². The van der Waals surface area contributed by atoms with Gasteiger partial charge in [0.15, 0.2) is 0 Å². The van der Waals surface area contributed by atoms with Gasteiger partial charge in [-0.2, -0.15) is 5.10 Å². The van der Waals surface area contributed by atoms with Crippen LogP contribution in [0.1, 0.15) is 39.1 Å². The summed E-state index contributed by atoms with van der Waals surface area (Å²) in [5.74, 6) is -1.61. The zero-order valence-corrected chi connectivity index (χ0v) is 16.2. The van der Waals surface area contributed by atoms with Gasteiger partial charge < -0.3 is 10.4 Å². The van der Waals surface area contributed by atoms with Gasteiger partial charge in [0, 0.05) is 11.6 Å². The molecule has 2 N–H and O–H groups in total. The average Bonchev–Trinajstić information content (AvgIpc) is 3.43. The number of carbonyl (C=O) groups is 2. The highest BCUT2D eigenvalue weighted by Crippen LogP contribution is 2.45. The number of fused-ring (bicyclic) bond motifs is 1. The average molecular weight is 416 g/mol. The van der Waals surface area contributed by atoms with Crippen LogP contribution in [0.4, 0.5) is 4.39 Å². The molecule has 1 aliphatic rings. The summed E-state index contributed by atoms with van der Waals surface area (Å²) in [6, 6.07) is 12.5. The van der Waals surface area contributed by atoms with Crippen molar-refractivity contribution in [2.24, 2.45) is 0 Å². The molecule has 1 aliphatic carbocycles. The number of aromatic nitrogens is 3. The number of carboxylic acids is 1. The molecule has 2 aromatic heterocycles. The number of rotatable bonds is 5. The Bertz CT molecular complexity index is 1310. The molecule has 0 bridgehead atoms. The van der Waals surface area contributed by atoms with Gasteiger partial charge in [0.2, 0.25) is 0 Å². The second kappa shape index (κ2) is 7.02. The maximum atomic E-state index is 13.3. The molecule has 8 heteroatoms. The summed E-state index contributed by atoms with van der Waals surface area (Å²) >= 11 is 0. The summed E-state index contributed by atoms with van der Waals surface area (Å²) in [6.45, 7) is 0. The molecule has 4 aromatic rings. The third kappa shape index (κ3) is 3.31. The van der Waals surface area contributed by atoms with Crippen LogP contribution >= 0.6 is 0 Å². The summed E-state index contributed by atoms with van der Waals surface area (Å²) in [6.07, 6.45) is 6.24. The van der Waals surface area contributed by atoms with Crippen LogP contribution in [-0.2, 0) is 5.54 Å². The molecular formula is C23H17FN4O3. The number of carboxylic acid groups (broad SMARTS) is 1. The van der Waals surface area contributed by atoms with Crippen molar-refractivity contribution in [2.45, 2.75) is 18.4 Å². The van der Waals surface area contributed by atoms with Crippen molar-refractivity contribution >= 4 is 22.8 Å². The smallest absolute Gasteiger partial charge is 0.335 e. The molecule has 1 saturated carbocycles. The second-order valence-electron chi connectivity index (χ2n) is 7.57. The highest BCUT2D eigenvalue weighted by molar-refractivity contribution is 6.06. The van der Waals surface area contributed by atoms with Gasteiger partial charge in [-0.25, -0.2) is 13.9 Å². The summed E-state index contributed by atoms with van der Waals surface area (Å²) < 4.78 is 14.9. The Kier molecular flexibility index (Phi) is 4.28. The Morgan fingerprint density at radius 2 is 1.71 bits per heavy atom. The first-order chi connectivity index (χ1) is 15.0. The van der Waals surface area contributed by atoms with Crippen LogP contribution in [0.15, 0.2) is 67.1 Å². The minimum Gasteiger partial charge on any atom is -0.478 e. The maximum Gasteiger partial charge on any atom is 0.335 e. The number of halogens is 1. The van der Waals surface area contributed by atoms with Gasteiger partial charge in [-0.3, -0.25) is 9.78 Å². The van der Waals surface area contributed by atoms with E-state index in [0.29, 0.717) is 22.2 Å². The second-order valence-corrected chi connectivity index (χ2v) is 7.57. The van der Waals surface area contributed by atoms with Crippen LogP contribution in [0.25, 0.3) is 16.6 Å². The lowest BCUT2D eigenvalue weighted by Gasteiger charge is -2.18. The zero-order chi connectivity index (χ0) is 21.6. The minimum absolute atomic E-state index is 0.202. The molecule has 0 saturated heterocycles. The first kappa shape index (κ1) is 18.9. The van der Waals surface area contributed by atoms with E-state index in [1.807, 2.05) is 0 Å². The van der Waals surface area contributed by atoms with Gasteiger partial charge >= 0.3 is 5.97 Å². The standard InChI is InChI=1S/C23H17FN4O3/c24-16-5-7-17(8-6-16)28-20-13-25-11-19(18(20)12-26-28)21(29)27-23(9-10-23)15-3-1-14(2-4-15)22(30)31/h1-8,11-13H,9-10H2,(H,27,29)(H,30,31).